The average Bonchev–Trinajstić information content (AvgIpc) is 3.24. The standard InChI is InChI=1S/C16H16ClN5O2/c1-23-11-6-4-10(5-7-11)19-14-13-15(21-16(17)20-14)22(9-18-13)12-3-2-8-24-12/h4-7,9,12H,2-3,8H2,1H3,(H,19,20,21). The summed E-state index contributed by atoms with van der Waals surface area (Å²) in [6.07, 6.45) is 3.65. The van der Waals surface area contributed by atoms with Gasteiger partial charge in [-0.3, -0.25) is 4.57 Å². The number of rotatable bonds is 4. The van der Waals surface area contributed by atoms with Gasteiger partial charge in [0.15, 0.2) is 17.0 Å². The number of aromatic nitrogens is 4. The van der Waals surface area contributed by atoms with Gasteiger partial charge in [0.05, 0.1) is 13.4 Å². The van der Waals surface area contributed by atoms with Crippen LogP contribution in [0.5, 0.6) is 5.75 Å². The zero-order valence-electron chi connectivity index (χ0n) is 13.1. The predicted octanol–water partition coefficient (Wildman–Crippen LogP) is 3.54. The molecule has 0 spiro atoms. The van der Waals surface area contributed by atoms with Gasteiger partial charge in [-0.2, -0.15) is 9.97 Å². The molecule has 0 aliphatic carbocycles. The Morgan fingerprint density at radius 3 is 2.83 bits per heavy atom. The van der Waals surface area contributed by atoms with Crippen LogP contribution in [0, 0.1) is 0 Å². The summed E-state index contributed by atoms with van der Waals surface area (Å²) in [7, 11) is 1.63. The summed E-state index contributed by atoms with van der Waals surface area (Å²) in [5, 5.41) is 3.40. The lowest BCUT2D eigenvalue weighted by atomic mass is 10.3. The van der Waals surface area contributed by atoms with E-state index in [9.17, 15) is 0 Å². The zero-order chi connectivity index (χ0) is 16.5. The van der Waals surface area contributed by atoms with Crippen molar-refractivity contribution in [1.82, 2.24) is 19.5 Å². The molecule has 1 atom stereocenters. The third-order valence-corrected chi connectivity index (χ3v) is 4.13. The topological polar surface area (TPSA) is 74.1 Å². The van der Waals surface area contributed by atoms with Gasteiger partial charge >= 0.3 is 0 Å². The van der Waals surface area contributed by atoms with Crippen LogP contribution in [-0.4, -0.2) is 33.2 Å². The van der Waals surface area contributed by atoms with Gasteiger partial charge in [0, 0.05) is 12.3 Å². The second-order valence-electron chi connectivity index (χ2n) is 5.49. The van der Waals surface area contributed by atoms with E-state index in [4.69, 9.17) is 21.1 Å². The molecule has 1 aliphatic rings. The van der Waals surface area contributed by atoms with Crippen molar-refractivity contribution in [3.05, 3.63) is 35.9 Å². The van der Waals surface area contributed by atoms with E-state index < -0.39 is 0 Å². The van der Waals surface area contributed by atoms with Gasteiger partial charge in [0.25, 0.3) is 0 Å². The second kappa shape index (κ2) is 6.26. The fraction of sp³-hybridized carbons (Fsp3) is 0.312. The van der Waals surface area contributed by atoms with Crippen molar-refractivity contribution in [3.63, 3.8) is 0 Å². The summed E-state index contributed by atoms with van der Waals surface area (Å²) in [5.74, 6) is 1.35. The van der Waals surface area contributed by atoms with E-state index in [0.29, 0.717) is 17.0 Å². The number of ether oxygens (including phenoxy) is 2. The van der Waals surface area contributed by atoms with Gasteiger partial charge in [-0.1, -0.05) is 0 Å². The zero-order valence-corrected chi connectivity index (χ0v) is 13.8. The molecule has 1 N–H and O–H groups in total. The summed E-state index contributed by atoms with van der Waals surface area (Å²) >= 11 is 6.11. The molecule has 1 fully saturated rings. The molecular weight excluding hydrogens is 330 g/mol. The lowest BCUT2D eigenvalue weighted by Crippen LogP contribution is -2.07. The maximum atomic E-state index is 6.11. The summed E-state index contributed by atoms with van der Waals surface area (Å²) in [4.78, 5) is 13.0. The van der Waals surface area contributed by atoms with Crippen LogP contribution in [0.25, 0.3) is 11.2 Å². The highest BCUT2D eigenvalue weighted by atomic mass is 35.5. The molecule has 0 saturated carbocycles. The summed E-state index contributed by atoms with van der Waals surface area (Å²) in [6.45, 7) is 0.750. The van der Waals surface area contributed by atoms with Crippen molar-refractivity contribution in [2.75, 3.05) is 19.0 Å². The summed E-state index contributed by atoms with van der Waals surface area (Å²) in [5.41, 5.74) is 2.18. The van der Waals surface area contributed by atoms with Crippen molar-refractivity contribution >= 4 is 34.3 Å². The number of benzene rings is 1. The Morgan fingerprint density at radius 2 is 2.12 bits per heavy atom. The number of nitrogens with zero attached hydrogens (tertiary/aromatic N) is 4. The molecule has 3 aromatic rings. The van der Waals surface area contributed by atoms with E-state index in [1.807, 2.05) is 28.8 Å². The minimum Gasteiger partial charge on any atom is -0.497 e. The normalized spacial score (nSPS) is 17.3. The van der Waals surface area contributed by atoms with E-state index in [-0.39, 0.29) is 11.5 Å². The number of hydrogen-bond donors (Lipinski definition) is 1. The lowest BCUT2D eigenvalue weighted by molar-refractivity contribution is 0.0593. The Balaban J connectivity index is 1.71. The van der Waals surface area contributed by atoms with Crippen molar-refractivity contribution < 1.29 is 9.47 Å². The first-order valence-electron chi connectivity index (χ1n) is 7.67. The van der Waals surface area contributed by atoms with Crippen molar-refractivity contribution in [2.45, 2.75) is 19.1 Å². The highest BCUT2D eigenvalue weighted by Crippen LogP contribution is 2.30. The molecule has 8 heteroatoms. The van der Waals surface area contributed by atoms with Crippen LogP contribution in [0.2, 0.25) is 5.28 Å². The van der Waals surface area contributed by atoms with Crippen LogP contribution in [0.3, 0.4) is 0 Å². The largest absolute Gasteiger partial charge is 0.497 e. The molecule has 124 valence electrons. The van der Waals surface area contributed by atoms with Crippen LogP contribution < -0.4 is 10.1 Å². The number of imidazole rings is 1. The van der Waals surface area contributed by atoms with E-state index >= 15 is 0 Å². The van der Waals surface area contributed by atoms with Gasteiger partial charge in [-0.25, -0.2) is 4.98 Å². The smallest absolute Gasteiger partial charge is 0.226 e. The number of halogens is 1. The van der Waals surface area contributed by atoms with Crippen LogP contribution in [0.1, 0.15) is 19.1 Å². The van der Waals surface area contributed by atoms with Crippen molar-refractivity contribution in [1.29, 1.82) is 0 Å². The first kappa shape index (κ1) is 15.2. The van der Waals surface area contributed by atoms with Gasteiger partial charge in [-0.05, 0) is 48.7 Å². The Hall–Kier alpha value is -2.38. The molecule has 24 heavy (non-hydrogen) atoms. The maximum Gasteiger partial charge on any atom is 0.226 e. The van der Waals surface area contributed by atoms with Crippen LogP contribution >= 0.6 is 11.6 Å². The number of anilines is 2. The van der Waals surface area contributed by atoms with Crippen LogP contribution in [-0.2, 0) is 4.74 Å². The summed E-state index contributed by atoms with van der Waals surface area (Å²) < 4.78 is 12.8. The van der Waals surface area contributed by atoms with Gasteiger partial charge in [0.1, 0.15) is 12.0 Å². The van der Waals surface area contributed by atoms with Crippen molar-refractivity contribution in [3.8, 4) is 5.75 Å². The SMILES string of the molecule is COc1ccc(Nc2nc(Cl)nc3c2ncn3C2CCCO2)cc1. The molecule has 4 rings (SSSR count). The molecule has 2 aromatic heterocycles. The third-order valence-electron chi connectivity index (χ3n) is 3.96. The molecule has 0 radical (unpaired) electrons. The monoisotopic (exact) mass is 345 g/mol. The van der Waals surface area contributed by atoms with E-state index in [0.717, 1.165) is 30.9 Å². The van der Waals surface area contributed by atoms with Gasteiger partial charge in [-0.15, -0.1) is 0 Å². The van der Waals surface area contributed by atoms with Crippen LogP contribution in [0.15, 0.2) is 30.6 Å². The fourth-order valence-electron chi connectivity index (χ4n) is 2.78. The average molecular weight is 346 g/mol. The van der Waals surface area contributed by atoms with E-state index in [1.54, 1.807) is 13.4 Å². The quantitative estimate of drug-likeness (QED) is 0.729. The Morgan fingerprint density at radius 1 is 1.29 bits per heavy atom. The van der Waals surface area contributed by atoms with Gasteiger partial charge in [0.2, 0.25) is 5.28 Å². The van der Waals surface area contributed by atoms with Crippen molar-refractivity contribution in [2.24, 2.45) is 0 Å². The second-order valence-corrected chi connectivity index (χ2v) is 5.82. The van der Waals surface area contributed by atoms with E-state index in [1.165, 1.54) is 0 Å². The molecule has 0 amide bonds. The molecule has 3 heterocycles. The molecule has 1 unspecified atom stereocenters. The van der Waals surface area contributed by atoms with Crippen LogP contribution in [0.4, 0.5) is 11.5 Å². The Bertz CT molecular complexity index is 859. The minimum atomic E-state index is -0.0465. The molecule has 0 bridgehead atoms. The molecule has 7 nitrogen and oxygen atoms in total. The minimum absolute atomic E-state index is 0.0465. The first-order chi connectivity index (χ1) is 11.7. The first-order valence-corrected chi connectivity index (χ1v) is 8.05. The molecule has 1 saturated heterocycles. The number of hydrogen-bond acceptors (Lipinski definition) is 6. The highest BCUT2D eigenvalue weighted by molar-refractivity contribution is 6.28. The number of fused-ring (bicyclic) bond motifs is 1. The Kier molecular flexibility index (Phi) is 3.95. The molecule has 1 aliphatic heterocycles. The third kappa shape index (κ3) is 2.76. The summed E-state index contributed by atoms with van der Waals surface area (Å²) in [6, 6.07) is 7.54. The van der Waals surface area contributed by atoms with E-state index in [2.05, 4.69) is 20.3 Å². The Labute approximate surface area is 143 Å². The predicted molar refractivity (Wildman–Crippen MR) is 90.8 cm³/mol. The van der Waals surface area contributed by atoms with Gasteiger partial charge < -0.3 is 14.8 Å². The number of methoxy groups -OCH3 is 1. The fourth-order valence-corrected chi connectivity index (χ4v) is 2.94. The number of nitrogens with one attached hydrogen (secondary N) is 1. The lowest BCUT2D eigenvalue weighted by Gasteiger charge is -2.12. The highest BCUT2D eigenvalue weighted by Gasteiger charge is 2.22. The maximum absolute atomic E-state index is 6.11. The molecular formula is C16H16ClN5O2. The molecule has 1 aromatic carbocycles.